The predicted octanol–water partition coefficient (Wildman–Crippen LogP) is 4.07. The minimum atomic E-state index is -0.663. The molecule has 0 amide bonds. The number of ether oxygens (including phenoxy) is 1. The Bertz CT molecular complexity index is 641. The lowest BCUT2D eigenvalue weighted by Crippen LogP contribution is -2.09. The molecule has 6 heteroatoms. The summed E-state index contributed by atoms with van der Waals surface area (Å²) in [7, 11) is 0. The smallest absolute Gasteiger partial charge is 0.342 e. The summed E-state index contributed by atoms with van der Waals surface area (Å²) in [6.45, 7) is -0.0996. The molecule has 0 radical (unpaired) electrons. The van der Waals surface area contributed by atoms with Gasteiger partial charge in [-0.05, 0) is 29.8 Å². The normalized spacial score (nSPS) is 10.3. The summed E-state index contributed by atoms with van der Waals surface area (Å²) in [4.78, 5) is 11.9. The molecule has 0 saturated heterocycles. The number of benzene rings is 2. The van der Waals surface area contributed by atoms with E-state index in [9.17, 15) is 9.18 Å². The summed E-state index contributed by atoms with van der Waals surface area (Å²) < 4.78 is 18.3. The summed E-state index contributed by atoms with van der Waals surface area (Å²) in [5.74, 6) is -1.24. The molecule has 3 nitrogen and oxygen atoms in total. The van der Waals surface area contributed by atoms with E-state index in [0.29, 0.717) is 5.56 Å². The highest BCUT2D eigenvalue weighted by molar-refractivity contribution is 6.34. The molecule has 0 aliphatic heterocycles. The maximum atomic E-state index is 13.2. The van der Waals surface area contributed by atoms with E-state index in [1.54, 1.807) is 18.2 Å². The van der Waals surface area contributed by atoms with E-state index < -0.39 is 11.8 Å². The Morgan fingerprint density at radius 3 is 2.60 bits per heavy atom. The fraction of sp³-hybridized carbons (Fsp3) is 0.0714. The van der Waals surface area contributed by atoms with Gasteiger partial charge in [0.1, 0.15) is 18.0 Å². The largest absolute Gasteiger partial charge is 0.457 e. The number of nitrogen functional groups attached to an aromatic ring is 1. The van der Waals surface area contributed by atoms with Crippen molar-refractivity contribution in [3.63, 3.8) is 0 Å². The topological polar surface area (TPSA) is 52.3 Å². The first kappa shape index (κ1) is 14.6. The SMILES string of the molecule is Nc1cccc(Cl)c1C(=O)OCc1ccc(Cl)c(F)c1. The summed E-state index contributed by atoms with van der Waals surface area (Å²) in [5.41, 5.74) is 6.48. The fourth-order valence-corrected chi connectivity index (χ4v) is 1.98. The standard InChI is InChI=1S/C14H10Cl2FNO2/c15-9-5-4-8(6-11(9)17)7-20-14(19)13-10(16)2-1-3-12(13)18/h1-6H,7,18H2. The average Bonchev–Trinajstić information content (AvgIpc) is 2.40. The Morgan fingerprint density at radius 2 is 1.95 bits per heavy atom. The maximum absolute atomic E-state index is 13.2. The zero-order chi connectivity index (χ0) is 14.7. The van der Waals surface area contributed by atoms with Crippen LogP contribution in [-0.2, 0) is 11.3 Å². The van der Waals surface area contributed by atoms with Crippen molar-refractivity contribution in [1.82, 2.24) is 0 Å². The molecule has 0 fully saturated rings. The highest BCUT2D eigenvalue weighted by atomic mass is 35.5. The first-order valence-corrected chi connectivity index (χ1v) is 6.39. The van der Waals surface area contributed by atoms with Crippen LogP contribution in [0, 0.1) is 5.82 Å². The Morgan fingerprint density at radius 1 is 1.20 bits per heavy atom. The summed E-state index contributed by atoms with van der Waals surface area (Å²) in [6, 6.07) is 8.87. The van der Waals surface area contributed by atoms with Gasteiger partial charge >= 0.3 is 5.97 Å². The molecule has 2 aromatic carbocycles. The summed E-state index contributed by atoms with van der Waals surface area (Å²) in [5, 5.41) is 0.215. The number of esters is 1. The molecule has 0 saturated carbocycles. The molecular formula is C14H10Cl2FNO2. The lowest BCUT2D eigenvalue weighted by Gasteiger charge is -2.09. The molecule has 0 aliphatic carbocycles. The van der Waals surface area contributed by atoms with Gasteiger partial charge < -0.3 is 10.5 Å². The second-order valence-corrected chi connectivity index (χ2v) is 4.84. The van der Waals surface area contributed by atoms with Crippen molar-refractivity contribution in [2.24, 2.45) is 0 Å². The number of carbonyl (C=O) groups is 1. The molecule has 0 aromatic heterocycles. The van der Waals surface area contributed by atoms with Gasteiger partial charge in [-0.3, -0.25) is 0 Å². The van der Waals surface area contributed by atoms with Crippen molar-refractivity contribution >= 4 is 34.9 Å². The van der Waals surface area contributed by atoms with E-state index >= 15 is 0 Å². The van der Waals surface area contributed by atoms with Crippen molar-refractivity contribution in [1.29, 1.82) is 0 Å². The van der Waals surface area contributed by atoms with Gasteiger partial charge in [-0.25, -0.2) is 9.18 Å². The molecule has 0 atom stereocenters. The highest BCUT2D eigenvalue weighted by Crippen LogP contribution is 2.23. The highest BCUT2D eigenvalue weighted by Gasteiger charge is 2.15. The number of carbonyl (C=O) groups excluding carboxylic acids is 1. The first-order valence-electron chi connectivity index (χ1n) is 5.64. The molecule has 104 valence electrons. The summed E-state index contributed by atoms with van der Waals surface area (Å²) in [6.07, 6.45) is 0. The molecule has 0 bridgehead atoms. The number of hydrogen-bond donors (Lipinski definition) is 1. The van der Waals surface area contributed by atoms with Crippen LogP contribution in [0.3, 0.4) is 0 Å². The Balaban J connectivity index is 2.11. The van der Waals surface area contributed by atoms with E-state index in [0.717, 1.165) is 0 Å². The van der Waals surface area contributed by atoms with Gasteiger partial charge in [0.05, 0.1) is 10.0 Å². The quantitative estimate of drug-likeness (QED) is 0.686. The molecule has 2 aromatic rings. The van der Waals surface area contributed by atoms with Crippen LogP contribution in [0.2, 0.25) is 10.0 Å². The van der Waals surface area contributed by atoms with Gasteiger partial charge in [0.15, 0.2) is 0 Å². The van der Waals surface area contributed by atoms with Crippen LogP contribution in [0.25, 0.3) is 0 Å². The van der Waals surface area contributed by atoms with Gasteiger partial charge in [0.25, 0.3) is 0 Å². The molecule has 2 N–H and O–H groups in total. The molecule has 0 heterocycles. The van der Waals surface area contributed by atoms with Crippen LogP contribution in [0.15, 0.2) is 36.4 Å². The van der Waals surface area contributed by atoms with E-state index in [2.05, 4.69) is 0 Å². The molecule has 20 heavy (non-hydrogen) atoms. The third kappa shape index (κ3) is 3.21. The zero-order valence-corrected chi connectivity index (χ0v) is 11.7. The van der Waals surface area contributed by atoms with Crippen molar-refractivity contribution in [3.05, 3.63) is 63.4 Å². The van der Waals surface area contributed by atoms with Crippen molar-refractivity contribution in [2.75, 3.05) is 5.73 Å². The van der Waals surface area contributed by atoms with Crippen LogP contribution in [0.4, 0.5) is 10.1 Å². The van der Waals surface area contributed by atoms with Crippen LogP contribution >= 0.6 is 23.2 Å². The zero-order valence-electron chi connectivity index (χ0n) is 10.2. The molecule has 2 rings (SSSR count). The fourth-order valence-electron chi connectivity index (χ4n) is 1.61. The maximum Gasteiger partial charge on any atom is 0.342 e. The third-order valence-corrected chi connectivity index (χ3v) is 3.23. The number of hydrogen-bond acceptors (Lipinski definition) is 3. The van der Waals surface area contributed by atoms with Crippen molar-refractivity contribution < 1.29 is 13.9 Å². The van der Waals surface area contributed by atoms with Crippen LogP contribution < -0.4 is 5.73 Å². The molecular weight excluding hydrogens is 304 g/mol. The van der Waals surface area contributed by atoms with Gasteiger partial charge in [-0.2, -0.15) is 0 Å². The Hall–Kier alpha value is -1.78. The average molecular weight is 314 g/mol. The van der Waals surface area contributed by atoms with Crippen molar-refractivity contribution in [3.8, 4) is 0 Å². The number of nitrogens with two attached hydrogens (primary N) is 1. The lowest BCUT2D eigenvalue weighted by atomic mass is 10.2. The minimum Gasteiger partial charge on any atom is -0.457 e. The Kier molecular flexibility index (Phi) is 4.47. The first-order chi connectivity index (χ1) is 9.49. The summed E-state index contributed by atoms with van der Waals surface area (Å²) >= 11 is 11.5. The van der Waals surface area contributed by atoms with E-state index in [4.69, 9.17) is 33.7 Å². The number of anilines is 1. The molecule has 0 aliphatic rings. The van der Waals surface area contributed by atoms with E-state index in [1.165, 1.54) is 18.2 Å². The second-order valence-electron chi connectivity index (χ2n) is 4.03. The lowest BCUT2D eigenvalue weighted by molar-refractivity contribution is 0.0474. The number of halogens is 3. The van der Waals surface area contributed by atoms with Gasteiger partial charge in [-0.1, -0.05) is 35.3 Å². The Labute approximate surface area is 125 Å². The van der Waals surface area contributed by atoms with Crippen LogP contribution in [0.5, 0.6) is 0 Å². The molecule has 0 unspecified atom stereocenters. The van der Waals surface area contributed by atoms with Gasteiger partial charge in [-0.15, -0.1) is 0 Å². The molecule has 0 spiro atoms. The van der Waals surface area contributed by atoms with E-state index in [1.807, 2.05) is 0 Å². The van der Waals surface area contributed by atoms with Gasteiger partial charge in [0, 0.05) is 5.69 Å². The second kappa shape index (κ2) is 6.11. The third-order valence-electron chi connectivity index (χ3n) is 2.60. The van der Waals surface area contributed by atoms with E-state index in [-0.39, 0.29) is 27.9 Å². The number of rotatable bonds is 3. The predicted molar refractivity (Wildman–Crippen MR) is 76.4 cm³/mol. The van der Waals surface area contributed by atoms with Gasteiger partial charge in [0.2, 0.25) is 0 Å². The monoisotopic (exact) mass is 313 g/mol. The minimum absolute atomic E-state index is 0.00965. The van der Waals surface area contributed by atoms with Crippen LogP contribution in [-0.4, -0.2) is 5.97 Å². The van der Waals surface area contributed by atoms with Crippen molar-refractivity contribution in [2.45, 2.75) is 6.61 Å². The van der Waals surface area contributed by atoms with Crippen LogP contribution in [0.1, 0.15) is 15.9 Å².